The summed E-state index contributed by atoms with van der Waals surface area (Å²) >= 11 is 0. The summed E-state index contributed by atoms with van der Waals surface area (Å²) in [5.74, 6) is -1.43. The van der Waals surface area contributed by atoms with Gasteiger partial charge in [-0.15, -0.1) is 0 Å². The number of carboxylic acid groups (broad SMARTS) is 1. The molecule has 35 heavy (non-hydrogen) atoms. The molecule has 1 heterocycles. The van der Waals surface area contributed by atoms with E-state index in [-0.39, 0.29) is 19.1 Å². The van der Waals surface area contributed by atoms with Gasteiger partial charge in [0.05, 0.1) is 5.41 Å². The smallest absolute Gasteiger partial charge is 0.407 e. The number of hydrogen-bond acceptors (Lipinski definition) is 5. The number of fused-ring (bicyclic) bond motifs is 3. The Hall–Kier alpha value is -3.39. The van der Waals surface area contributed by atoms with Crippen LogP contribution in [0.4, 0.5) is 4.79 Å². The highest BCUT2D eigenvalue weighted by atomic mass is 16.5. The lowest BCUT2D eigenvalue weighted by Gasteiger charge is -2.33. The van der Waals surface area contributed by atoms with E-state index in [1.54, 1.807) is 0 Å². The highest BCUT2D eigenvalue weighted by Crippen LogP contribution is 2.44. The Bertz CT molecular complexity index is 1030. The first-order valence-electron chi connectivity index (χ1n) is 12.2. The fourth-order valence-electron chi connectivity index (χ4n) is 4.95. The SMILES string of the molecule is CCCC(NC(=O)OCC1c2ccccc2-c2ccccc21)C(=O)NCC1(C(=O)O)CCOCC1. The van der Waals surface area contributed by atoms with Crippen molar-refractivity contribution in [1.29, 1.82) is 0 Å². The number of nitrogens with one attached hydrogen (secondary N) is 2. The Morgan fingerprint density at radius 3 is 2.23 bits per heavy atom. The van der Waals surface area contributed by atoms with Crippen LogP contribution < -0.4 is 10.6 Å². The monoisotopic (exact) mass is 480 g/mol. The predicted molar refractivity (Wildman–Crippen MR) is 130 cm³/mol. The summed E-state index contributed by atoms with van der Waals surface area (Å²) in [5, 5.41) is 15.1. The molecule has 0 aromatic heterocycles. The van der Waals surface area contributed by atoms with Crippen LogP contribution in [0.15, 0.2) is 48.5 Å². The maximum Gasteiger partial charge on any atom is 0.407 e. The van der Waals surface area contributed by atoms with Gasteiger partial charge in [-0.2, -0.15) is 0 Å². The van der Waals surface area contributed by atoms with Crippen molar-refractivity contribution in [1.82, 2.24) is 10.6 Å². The van der Waals surface area contributed by atoms with Crippen molar-refractivity contribution in [2.24, 2.45) is 5.41 Å². The standard InChI is InChI=1S/C27H32N2O6/c1-2-7-23(24(30)28-17-27(25(31)32)12-14-34-15-13-27)29-26(33)35-16-22-20-10-5-3-8-18(20)19-9-4-6-11-21(19)22/h3-6,8-11,22-23H,2,7,12-17H2,1H3,(H,28,30)(H,29,33)(H,31,32). The number of amides is 2. The van der Waals surface area contributed by atoms with Gasteiger partial charge in [-0.05, 0) is 41.5 Å². The van der Waals surface area contributed by atoms with Crippen LogP contribution in [0.25, 0.3) is 11.1 Å². The lowest BCUT2D eigenvalue weighted by atomic mass is 9.80. The second kappa shape index (κ2) is 10.9. The van der Waals surface area contributed by atoms with E-state index in [0.29, 0.717) is 38.9 Å². The minimum atomic E-state index is -1.05. The Morgan fingerprint density at radius 1 is 1.06 bits per heavy atom. The molecule has 2 aromatic carbocycles. The lowest BCUT2D eigenvalue weighted by molar-refractivity contribution is -0.154. The average Bonchev–Trinajstić information content (AvgIpc) is 3.20. The van der Waals surface area contributed by atoms with Crippen molar-refractivity contribution in [3.8, 4) is 11.1 Å². The Kier molecular flexibility index (Phi) is 7.70. The molecule has 0 radical (unpaired) electrons. The van der Waals surface area contributed by atoms with Gasteiger partial charge >= 0.3 is 12.1 Å². The second-order valence-corrected chi connectivity index (χ2v) is 9.23. The quantitative estimate of drug-likeness (QED) is 0.504. The molecule has 1 fully saturated rings. The number of aliphatic carboxylic acids is 1. The van der Waals surface area contributed by atoms with Gasteiger partial charge in [0.2, 0.25) is 5.91 Å². The summed E-state index contributed by atoms with van der Waals surface area (Å²) < 4.78 is 10.9. The van der Waals surface area contributed by atoms with E-state index in [9.17, 15) is 19.5 Å². The number of rotatable bonds is 9. The molecule has 2 aliphatic rings. The van der Waals surface area contributed by atoms with Crippen molar-refractivity contribution < 1.29 is 29.0 Å². The molecule has 0 bridgehead atoms. The maximum atomic E-state index is 12.9. The zero-order valence-electron chi connectivity index (χ0n) is 19.9. The summed E-state index contributed by atoms with van der Waals surface area (Å²) in [6, 6.07) is 15.4. The summed E-state index contributed by atoms with van der Waals surface area (Å²) in [7, 11) is 0. The van der Waals surface area contributed by atoms with Crippen LogP contribution in [0.5, 0.6) is 0 Å². The number of alkyl carbamates (subject to hydrolysis) is 1. The highest BCUT2D eigenvalue weighted by molar-refractivity contribution is 5.86. The molecule has 0 spiro atoms. The molecular formula is C27H32N2O6. The van der Waals surface area contributed by atoms with Gasteiger partial charge in [-0.1, -0.05) is 61.9 Å². The van der Waals surface area contributed by atoms with Crippen molar-refractivity contribution in [3.63, 3.8) is 0 Å². The van der Waals surface area contributed by atoms with Crippen LogP contribution in [0.1, 0.15) is 49.7 Å². The van der Waals surface area contributed by atoms with Gasteiger partial charge in [0.15, 0.2) is 0 Å². The van der Waals surface area contributed by atoms with Gasteiger partial charge in [0.25, 0.3) is 0 Å². The van der Waals surface area contributed by atoms with E-state index in [4.69, 9.17) is 9.47 Å². The highest BCUT2D eigenvalue weighted by Gasteiger charge is 2.41. The van der Waals surface area contributed by atoms with Gasteiger partial charge < -0.3 is 25.2 Å². The molecule has 8 heteroatoms. The first kappa shape index (κ1) is 24.7. The van der Waals surface area contributed by atoms with Crippen LogP contribution in [0.3, 0.4) is 0 Å². The van der Waals surface area contributed by atoms with Gasteiger partial charge in [0, 0.05) is 25.7 Å². The molecule has 2 aromatic rings. The van der Waals surface area contributed by atoms with Crippen LogP contribution in [-0.2, 0) is 19.1 Å². The van der Waals surface area contributed by atoms with Crippen LogP contribution in [0.2, 0.25) is 0 Å². The number of hydrogen-bond donors (Lipinski definition) is 3. The third-order valence-corrected chi connectivity index (χ3v) is 7.03. The van der Waals surface area contributed by atoms with Crippen molar-refractivity contribution >= 4 is 18.0 Å². The number of carbonyl (C=O) groups excluding carboxylic acids is 2. The fraction of sp³-hybridized carbons (Fsp3) is 0.444. The molecule has 3 N–H and O–H groups in total. The lowest BCUT2D eigenvalue weighted by Crippen LogP contribution is -2.52. The predicted octanol–water partition coefficient (Wildman–Crippen LogP) is 3.69. The Morgan fingerprint density at radius 2 is 1.66 bits per heavy atom. The van der Waals surface area contributed by atoms with E-state index in [1.165, 1.54) is 0 Å². The molecule has 0 saturated carbocycles. The van der Waals surface area contributed by atoms with Gasteiger partial charge in [0.1, 0.15) is 12.6 Å². The first-order valence-corrected chi connectivity index (χ1v) is 12.2. The molecule has 1 atom stereocenters. The van der Waals surface area contributed by atoms with Crippen LogP contribution in [-0.4, -0.2) is 55.5 Å². The van der Waals surface area contributed by atoms with E-state index < -0.39 is 29.4 Å². The number of carboxylic acids is 1. The third kappa shape index (κ3) is 5.32. The van der Waals surface area contributed by atoms with Crippen molar-refractivity contribution in [2.45, 2.75) is 44.6 Å². The summed E-state index contributed by atoms with van der Waals surface area (Å²) in [5.41, 5.74) is 3.45. The van der Waals surface area contributed by atoms with Crippen molar-refractivity contribution in [2.75, 3.05) is 26.4 Å². The molecule has 4 rings (SSSR count). The summed E-state index contributed by atoms with van der Waals surface area (Å²) in [6.07, 6.45) is 1.08. The largest absolute Gasteiger partial charge is 0.481 e. The van der Waals surface area contributed by atoms with E-state index in [2.05, 4.69) is 22.8 Å². The van der Waals surface area contributed by atoms with Crippen LogP contribution >= 0.6 is 0 Å². The Labute approximate surface area is 205 Å². The molecule has 1 aliphatic heterocycles. The zero-order chi connectivity index (χ0) is 24.8. The number of ether oxygens (including phenoxy) is 2. The second-order valence-electron chi connectivity index (χ2n) is 9.23. The number of carbonyl (C=O) groups is 3. The topological polar surface area (TPSA) is 114 Å². The third-order valence-electron chi connectivity index (χ3n) is 7.03. The molecule has 1 aliphatic carbocycles. The zero-order valence-corrected chi connectivity index (χ0v) is 19.9. The van der Waals surface area contributed by atoms with Crippen molar-refractivity contribution in [3.05, 3.63) is 59.7 Å². The number of benzene rings is 2. The average molecular weight is 481 g/mol. The fourth-order valence-corrected chi connectivity index (χ4v) is 4.95. The Balaban J connectivity index is 1.36. The van der Waals surface area contributed by atoms with E-state index >= 15 is 0 Å². The summed E-state index contributed by atoms with van der Waals surface area (Å²) in [4.78, 5) is 37.4. The summed E-state index contributed by atoms with van der Waals surface area (Å²) in [6.45, 7) is 2.76. The molecule has 2 amide bonds. The van der Waals surface area contributed by atoms with E-state index in [0.717, 1.165) is 22.3 Å². The van der Waals surface area contributed by atoms with E-state index in [1.807, 2.05) is 43.3 Å². The maximum absolute atomic E-state index is 12.9. The minimum absolute atomic E-state index is 0.00287. The van der Waals surface area contributed by atoms with Gasteiger partial charge in [-0.25, -0.2) is 4.79 Å². The minimum Gasteiger partial charge on any atom is -0.481 e. The normalized spacial score (nSPS) is 17.1. The van der Waals surface area contributed by atoms with Gasteiger partial charge in [-0.3, -0.25) is 9.59 Å². The molecular weight excluding hydrogens is 448 g/mol. The molecule has 1 saturated heterocycles. The molecule has 186 valence electrons. The van der Waals surface area contributed by atoms with Crippen LogP contribution in [0, 0.1) is 5.41 Å². The first-order chi connectivity index (χ1) is 16.9. The molecule has 1 unspecified atom stereocenters. The molecule has 8 nitrogen and oxygen atoms in total.